The molecule has 2 heterocycles. The highest BCUT2D eigenvalue weighted by molar-refractivity contribution is 5.94. The second-order valence-electron chi connectivity index (χ2n) is 6.65. The minimum absolute atomic E-state index is 0.0278. The van der Waals surface area contributed by atoms with Gasteiger partial charge in [0.2, 0.25) is 0 Å². The zero-order valence-electron chi connectivity index (χ0n) is 13.4. The third-order valence-electron chi connectivity index (χ3n) is 3.53. The number of hydrogen-bond donors (Lipinski definition) is 2. The van der Waals surface area contributed by atoms with Crippen LogP contribution in [0.25, 0.3) is 0 Å². The summed E-state index contributed by atoms with van der Waals surface area (Å²) in [5.74, 6) is 0.0278. The highest BCUT2D eigenvalue weighted by Crippen LogP contribution is 2.14. The van der Waals surface area contributed by atoms with Crippen LogP contribution in [0.2, 0.25) is 0 Å². The summed E-state index contributed by atoms with van der Waals surface area (Å²) < 4.78 is 0. The molecule has 0 saturated carbocycles. The fourth-order valence-corrected chi connectivity index (χ4v) is 2.47. The summed E-state index contributed by atoms with van der Waals surface area (Å²) in [4.78, 5) is 29.9. The molecule has 1 fully saturated rings. The molecule has 1 saturated heterocycles. The molecule has 6 heteroatoms. The van der Waals surface area contributed by atoms with Gasteiger partial charge in [0.15, 0.2) is 0 Å². The van der Waals surface area contributed by atoms with Crippen LogP contribution in [0.3, 0.4) is 0 Å². The van der Waals surface area contributed by atoms with E-state index in [-0.39, 0.29) is 23.5 Å². The van der Waals surface area contributed by atoms with Gasteiger partial charge in [-0.3, -0.25) is 9.78 Å². The van der Waals surface area contributed by atoms with E-state index in [0.29, 0.717) is 18.7 Å². The van der Waals surface area contributed by atoms with Crippen LogP contribution in [0.15, 0.2) is 24.5 Å². The molecule has 0 aromatic carbocycles. The molecule has 1 aliphatic rings. The topological polar surface area (TPSA) is 74.3 Å². The summed E-state index contributed by atoms with van der Waals surface area (Å²) in [6.07, 6.45) is 4.79. The number of carbonyl (C=O) groups excluding carboxylic acids is 2. The smallest absolute Gasteiger partial charge is 0.315 e. The third kappa shape index (κ3) is 4.72. The van der Waals surface area contributed by atoms with Gasteiger partial charge in [0.05, 0.1) is 0 Å². The fraction of sp³-hybridized carbons (Fsp3) is 0.562. The number of nitrogens with one attached hydrogen (secondary N) is 2. The number of piperidine rings is 1. The lowest BCUT2D eigenvalue weighted by molar-refractivity contribution is 0.0708. The molecule has 0 bridgehead atoms. The number of urea groups is 1. The zero-order chi connectivity index (χ0) is 16.2. The number of nitrogens with zero attached hydrogens (tertiary/aromatic N) is 2. The van der Waals surface area contributed by atoms with Crippen LogP contribution in [-0.2, 0) is 0 Å². The zero-order valence-corrected chi connectivity index (χ0v) is 13.4. The number of rotatable bonds is 2. The van der Waals surface area contributed by atoms with E-state index in [1.807, 2.05) is 25.7 Å². The Hall–Kier alpha value is -2.11. The largest absolute Gasteiger partial charge is 0.338 e. The minimum atomic E-state index is -0.248. The number of amides is 3. The third-order valence-corrected chi connectivity index (χ3v) is 3.53. The van der Waals surface area contributed by atoms with Gasteiger partial charge in [-0.1, -0.05) is 0 Å². The molecule has 1 aromatic heterocycles. The van der Waals surface area contributed by atoms with E-state index in [0.717, 1.165) is 12.8 Å². The molecule has 0 unspecified atom stereocenters. The first-order valence-electron chi connectivity index (χ1n) is 7.63. The summed E-state index contributed by atoms with van der Waals surface area (Å²) >= 11 is 0. The Morgan fingerprint density at radius 1 is 1.18 bits per heavy atom. The van der Waals surface area contributed by atoms with E-state index >= 15 is 0 Å². The maximum absolute atomic E-state index is 12.3. The van der Waals surface area contributed by atoms with Gasteiger partial charge in [-0.25, -0.2) is 4.79 Å². The number of aromatic nitrogens is 1. The molecular weight excluding hydrogens is 280 g/mol. The first-order chi connectivity index (χ1) is 10.3. The number of hydrogen-bond acceptors (Lipinski definition) is 3. The van der Waals surface area contributed by atoms with Gasteiger partial charge in [-0.05, 0) is 45.7 Å². The van der Waals surface area contributed by atoms with E-state index in [1.165, 1.54) is 0 Å². The Bertz CT molecular complexity index is 517. The van der Waals surface area contributed by atoms with Crippen molar-refractivity contribution in [3.05, 3.63) is 30.1 Å². The van der Waals surface area contributed by atoms with Gasteiger partial charge in [-0.2, -0.15) is 0 Å². The van der Waals surface area contributed by atoms with Crippen molar-refractivity contribution in [2.45, 2.75) is 45.2 Å². The van der Waals surface area contributed by atoms with Gasteiger partial charge in [0.1, 0.15) is 0 Å². The Labute approximate surface area is 131 Å². The van der Waals surface area contributed by atoms with Crippen molar-refractivity contribution in [3.63, 3.8) is 0 Å². The standard InChI is InChI=1S/C16H24N4O2/c1-16(2,3)19-15(22)18-13-6-10-20(11-7-13)14(21)12-4-8-17-9-5-12/h4-5,8-9,13H,6-7,10-11H2,1-3H3,(H2,18,19,22). The number of pyridine rings is 1. The minimum Gasteiger partial charge on any atom is -0.338 e. The molecule has 1 aliphatic heterocycles. The van der Waals surface area contributed by atoms with Crippen LogP contribution in [0.4, 0.5) is 4.79 Å². The Morgan fingerprint density at radius 2 is 1.77 bits per heavy atom. The first-order valence-corrected chi connectivity index (χ1v) is 7.63. The van der Waals surface area contributed by atoms with Crippen molar-refractivity contribution in [3.8, 4) is 0 Å². The van der Waals surface area contributed by atoms with Crippen LogP contribution < -0.4 is 10.6 Å². The predicted molar refractivity (Wildman–Crippen MR) is 84.6 cm³/mol. The highest BCUT2D eigenvalue weighted by atomic mass is 16.2. The van der Waals surface area contributed by atoms with Crippen molar-refractivity contribution in [1.82, 2.24) is 20.5 Å². The molecule has 1 aromatic rings. The summed E-state index contributed by atoms with van der Waals surface area (Å²) in [5, 5.41) is 5.87. The van der Waals surface area contributed by atoms with Crippen LogP contribution in [0, 0.1) is 0 Å². The van der Waals surface area contributed by atoms with Crippen molar-refractivity contribution in [1.29, 1.82) is 0 Å². The molecule has 0 aliphatic carbocycles. The molecule has 6 nitrogen and oxygen atoms in total. The molecule has 0 radical (unpaired) electrons. The lowest BCUT2D eigenvalue weighted by Gasteiger charge is -2.33. The van der Waals surface area contributed by atoms with Crippen LogP contribution in [-0.4, -0.2) is 46.5 Å². The molecule has 0 atom stereocenters. The summed E-state index contributed by atoms with van der Waals surface area (Å²) in [6.45, 7) is 7.15. The Kier molecular flexibility index (Phi) is 5.00. The van der Waals surface area contributed by atoms with Crippen molar-refractivity contribution >= 4 is 11.9 Å². The van der Waals surface area contributed by atoms with Crippen LogP contribution in [0.1, 0.15) is 44.0 Å². The molecular formula is C16H24N4O2. The first kappa shape index (κ1) is 16.3. The molecule has 3 amide bonds. The van der Waals surface area contributed by atoms with Crippen molar-refractivity contribution in [2.75, 3.05) is 13.1 Å². The molecule has 120 valence electrons. The van der Waals surface area contributed by atoms with Gasteiger partial charge in [0, 0.05) is 42.6 Å². The van der Waals surface area contributed by atoms with Gasteiger partial charge in [-0.15, -0.1) is 0 Å². The maximum Gasteiger partial charge on any atom is 0.315 e. The Balaban J connectivity index is 1.81. The lowest BCUT2D eigenvalue weighted by Crippen LogP contribution is -2.52. The molecule has 22 heavy (non-hydrogen) atoms. The molecule has 2 N–H and O–H groups in total. The maximum atomic E-state index is 12.3. The number of carbonyl (C=O) groups is 2. The van der Waals surface area contributed by atoms with Crippen LogP contribution in [0.5, 0.6) is 0 Å². The van der Waals surface area contributed by atoms with Gasteiger partial charge < -0.3 is 15.5 Å². The predicted octanol–water partition coefficient (Wildman–Crippen LogP) is 1.78. The Morgan fingerprint density at radius 3 is 2.32 bits per heavy atom. The van der Waals surface area contributed by atoms with E-state index in [1.54, 1.807) is 24.5 Å². The summed E-state index contributed by atoms with van der Waals surface area (Å²) in [6, 6.07) is 3.42. The summed E-state index contributed by atoms with van der Waals surface area (Å²) in [5.41, 5.74) is 0.411. The number of likely N-dealkylation sites (tertiary alicyclic amines) is 1. The fourth-order valence-electron chi connectivity index (χ4n) is 2.47. The van der Waals surface area contributed by atoms with Crippen molar-refractivity contribution < 1.29 is 9.59 Å². The quantitative estimate of drug-likeness (QED) is 0.874. The summed E-state index contributed by atoms with van der Waals surface area (Å²) in [7, 11) is 0. The molecule has 0 spiro atoms. The second-order valence-corrected chi connectivity index (χ2v) is 6.65. The van der Waals surface area contributed by atoms with Crippen molar-refractivity contribution in [2.24, 2.45) is 0 Å². The van der Waals surface area contributed by atoms with E-state index in [2.05, 4.69) is 15.6 Å². The SMILES string of the molecule is CC(C)(C)NC(=O)NC1CCN(C(=O)c2ccncc2)CC1. The second kappa shape index (κ2) is 6.77. The monoisotopic (exact) mass is 304 g/mol. The van der Waals surface area contributed by atoms with Gasteiger partial charge in [0.25, 0.3) is 5.91 Å². The van der Waals surface area contributed by atoms with Crippen LogP contribution >= 0.6 is 0 Å². The highest BCUT2D eigenvalue weighted by Gasteiger charge is 2.25. The van der Waals surface area contributed by atoms with E-state index < -0.39 is 0 Å². The lowest BCUT2D eigenvalue weighted by atomic mass is 10.0. The average Bonchev–Trinajstić information content (AvgIpc) is 2.46. The normalized spacial score (nSPS) is 16.2. The van der Waals surface area contributed by atoms with Gasteiger partial charge >= 0.3 is 6.03 Å². The average molecular weight is 304 g/mol. The molecule has 2 rings (SSSR count). The van der Waals surface area contributed by atoms with E-state index in [9.17, 15) is 9.59 Å². The van der Waals surface area contributed by atoms with E-state index in [4.69, 9.17) is 0 Å².